The Balaban J connectivity index is 1.40. The number of anilines is 1. The number of likely N-dealkylation sites (tertiary alicyclic amines) is 1. The van der Waals surface area contributed by atoms with Gasteiger partial charge in [-0.15, -0.1) is 0 Å². The van der Waals surface area contributed by atoms with Gasteiger partial charge in [0.2, 0.25) is 0 Å². The van der Waals surface area contributed by atoms with Crippen molar-refractivity contribution in [1.29, 1.82) is 0 Å². The van der Waals surface area contributed by atoms with E-state index in [1.807, 2.05) is 24.3 Å². The summed E-state index contributed by atoms with van der Waals surface area (Å²) in [5, 5.41) is 16.4. The molecule has 3 saturated heterocycles. The first-order valence-corrected chi connectivity index (χ1v) is 13.6. The number of hydrogen-bond acceptors (Lipinski definition) is 7. The fraction of sp³-hybridized carbons (Fsp3) is 0.379. The molecule has 4 heterocycles. The van der Waals surface area contributed by atoms with E-state index in [9.17, 15) is 5.11 Å². The van der Waals surface area contributed by atoms with E-state index in [0.29, 0.717) is 29.4 Å². The van der Waals surface area contributed by atoms with Gasteiger partial charge in [0.1, 0.15) is 23.7 Å². The smallest absolute Gasteiger partial charge is 0.319 e. The van der Waals surface area contributed by atoms with Gasteiger partial charge >= 0.3 is 6.01 Å². The van der Waals surface area contributed by atoms with E-state index in [-0.39, 0.29) is 39.9 Å². The van der Waals surface area contributed by atoms with Crippen LogP contribution in [-0.2, 0) is 0 Å². The van der Waals surface area contributed by atoms with Crippen molar-refractivity contribution < 1.29 is 14.2 Å². The number of hydrogen-bond donors (Lipinski definition) is 2. The molecule has 0 aliphatic carbocycles. The Labute approximate surface area is 225 Å². The fourth-order valence-electron chi connectivity index (χ4n) is 6.37. The lowest BCUT2D eigenvalue weighted by Crippen LogP contribution is -2.44. The first-order chi connectivity index (χ1) is 18.5. The van der Waals surface area contributed by atoms with Crippen molar-refractivity contribution in [2.24, 2.45) is 0 Å². The molecule has 2 bridgehead atoms. The van der Waals surface area contributed by atoms with E-state index in [2.05, 4.69) is 27.1 Å². The van der Waals surface area contributed by atoms with Crippen LogP contribution in [0.1, 0.15) is 19.3 Å². The highest BCUT2D eigenvalue weighted by atomic mass is 35.5. The number of nitrogens with one attached hydrogen (secondary N) is 1. The Morgan fingerprint density at radius 2 is 2.05 bits per heavy atom. The molecular formula is C29H29ClFN5O2. The normalized spacial score (nSPS) is 23.2. The summed E-state index contributed by atoms with van der Waals surface area (Å²) < 4.78 is 22.7. The number of aromatic hydroxyl groups is 1. The van der Waals surface area contributed by atoms with Crippen LogP contribution in [0.2, 0.25) is 5.02 Å². The zero-order chi connectivity index (χ0) is 26.0. The summed E-state index contributed by atoms with van der Waals surface area (Å²) in [5.41, 5.74) is 0.902. The van der Waals surface area contributed by atoms with Gasteiger partial charge in [-0.25, -0.2) is 4.39 Å². The minimum Gasteiger partial charge on any atom is -0.508 e. The van der Waals surface area contributed by atoms with Crippen molar-refractivity contribution in [2.45, 2.75) is 37.4 Å². The number of halogens is 2. The van der Waals surface area contributed by atoms with Gasteiger partial charge in [-0.1, -0.05) is 35.9 Å². The Hall–Kier alpha value is -3.20. The fourth-order valence-corrected chi connectivity index (χ4v) is 6.67. The quantitative estimate of drug-likeness (QED) is 0.375. The molecule has 4 aromatic rings. The Morgan fingerprint density at radius 3 is 2.82 bits per heavy atom. The van der Waals surface area contributed by atoms with Crippen LogP contribution in [0.4, 0.5) is 10.2 Å². The van der Waals surface area contributed by atoms with Gasteiger partial charge in [-0.3, -0.25) is 0 Å². The highest BCUT2D eigenvalue weighted by Gasteiger charge is 2.39. The Bertz CT molecular complexity index is 1570. The molecule has 3 atom stereocenters. The molecule has 0 radical (unpaired) electrons. The van der Waals surface area contributed by atoms with Crippen molar-refractivity contribution >= 4 is 39.1 Å². The van der Waals surface area contributed by atoms with Crippen LogP contribution >= 0.6 is 11.6 Å². The van der Waals surface area contributed by atoms with E-state index in [1.165, 1.54) is 0 Å². The molecule has 38 heavy (non-hydrogen) atoms. The molecule has 0 spiro atoms. The predicted molar refractivity (Wildman–Crippen MR) is 148 cm³/mol. The number of aromatic nitrogens is 2. The first kappa shape index (κ1) is 23.9. The monoisotopic (exact) mass is 533 g/mol. The minimum atomic E-state index is -0.544. The molecule has 0 unspecified atom stereocenters. The number of likely N-dealkylation sites (N-methyl/N-ethyl adjacent to an activating group) is 1. The van der Waals surface area contributed by atoms with Gasteiger partial charge in [-0.05, 0) is 67.4 Å². The predicted octanol–water partition coefficient (Wildman–Crippen LogP) is 4.97. The summed E-state index contributed by atoms with van der Waals surface area (Å²) in [6, 6.07) is 13.7. The van der Waals surface area contributed by atoms with Crippen LogP contribution < -0.4 is 15.0 Å². The van der Waals surface area contributed by atoms with Gasteiger partial charge < -0.3 is 25.0 Å². The maximum Gasteiger partial charge on any atom is 0.319 e. The Kier molecular flexibility index (Phi) is 5.80. The molecule has 3 aromatic carbocycles. The minimum absolute atomic E-state index is 0.0444. The number of rotatable bonds is 5. The third-order valence-electron chi connectivity index (χ3n) is 8.36. The van der Waals surface area contributed by atoms with Crippen LogP contribution in [0.5, 0.6) is 11.8 Å². The molecule has 3 aliphatic heterocycles. The summed E-state index contributed by atoms with van der Waals surface area (Å²) in [4.78, 5) is 13.9. The second-order valence-electron chi connectivity index (χ2n) is 10.7. The topological polar surface area (TPSA) is 73.8 Å². The highest BCUT2D eigenvalue weighted by molar-refractivity contribution is 6.35. The maximum absolute atomic E-state index is 16.6. The highest BCUT2D eigenvalue weighted by Crippen LogP contribution is 2.43. The third-order valence-corrected chi connectivity index (χ3v) is 8.66. The molecule has 0 amide bonds. The van der Waals surface area contributed by atoms with Gasteiger partial charge in [0, 0.05) is 42.2 Å². The summed E-state index contributed by atoms with van der Waals surface area (Å²) in [5.74, 6) is 0.159. The van der Waals surface area contributed by atoms with Crippen molar-refractivity contribution in [2.75, 3.05) is 38.2 Å². The Morgan fingerprint density at radius 1 is 1.18 bits per heavy atom. The van der Waals surface area contributed by atoms with Crippen LogP contribution in [0.25, 0.3) is 32.8 Å². The van der Waals surface area contributed by atoms with Crippen LogP contribution in [0, 0.1) is 5.82 Å². The van der Waals surface area contributed by atoms with E-state index in [0.717, 1.165) is 49.7 Å². The zero-order valence-corrected chi connectivity index (χ0v) is 21.9. The lowest BCUT2D eigenvalue weighted by Gasteiger charge is -2.30. The molecule has 7 nitrogen and oxygen atoms in total. The van der Waals surface area contributed by atoms with Crippen molar-refractivity contribution in [1.82, 2.24) is 20.2 Å². The first-order valence-electron chi connectivity index (χ1n) is 13.2. The molecule has 196 valence electrons. The summed E-state index contributed by atoms with van der Waals surface area (Å²) in [7, 11) is 2.09. The number of fused-ring (bicyclic) bond motifs is 4. The molecule has 1 aromatic heterocycles. The average molecular weight is 534 g/mol. The SMILES string of the molecule is CN1CCC[C@H]1COc1nc(N2C[C@H]3C[C@@H]2CN3)c2cc(Cl)c(-c3cc(O)cc4ccccc34)c(F)c2n1. The van der Waals surface area contributed by atoms with Crippen molar-refractivity contribution in [3.63, 3.8) is 0 Å². The number of phenolic OH excluding ortho intramolecular Hbond substituents is 1. The van der Waals surface area contributed by atoms with Crippen LogP contribution in [0.3, 0.4) is 0 Å². The van der Waals surface area contributed by atoms with Gasteiger partial charge in [0.05, 0.1) is 5.02 Å². The molecule has 0 saturated carbocycles. The summed E-state index contributed by atoms with van der Waals surface area (Å²) in [6.07, 6.45) is 3.21. The molecular weight excluding hydrogens is 505 g/mol. The van der Waals surface area contributed by atoms with Crippen molar-refractivity contribution in [3.05, 3.63) is 53.3 Å². The van der Waals surface area contributed by atoms with Gasteiger partial charge in [0.15, 0.2) is 5.82 Å². The van der Waals surface area contributed by atoms with Gasteiger partial charge in [-0.2, -0.15) is 9.97 Å². The maximum atomic E-state index is 16.6. The average Bonchev–Trinajstić information content (AvgIpc) is 3.65. The number of nitrogens with zero attached hydrogens (tertiary/aromatic N) is 4. The van der Waals surface area contributed by atoms with Crippen molar-refractivity contribution in [3.8, 4) is 22.9 Å². The lowest BCUT2D eigenvalue weighted by molar-refractivity contribution is 0.188. The van der Waals surface area contributed by atoms with Crippen LogP contribution in [0.15, 0.2) is 42.5 Å². The zero-order valence-electron chi connectivity index (χ0n) is 21.1. The standard InChI is InChI=1S/C29H29ClFN5O2/c1-35-8-4-6-18(35)15-38-29-33-27-23(28(34-29)36-14-17-10-19(36)13-32-17)12-24(30)25(26(27)31)22-11-20(37)9-16-5-2-3-7-21(16)22/h2-3,5,7,9,11-12,17-19,32,37H,4,6,8,10,13-15H2,1H3/t17-,18+,19-/m1/s1. The summed E-state index contributed by atoms with van der Waals surface area (Å²) >= 11 is 6.81. The van der Waals surface area contributed by atoms with Gasteiger partial charge in [0.25, 0.3) is 0 Å². The van der Waals surface area contributed by atoms with E-state index in [4.69, 9.17) is 21.3 Å². The summed E-state index contributed by atoms with van der Waals surface area (Å²) in [6.45, 7) is 3.15. The molecule has 3 aliphatic rings. The number of piperazine rings is 1. The van der Waals surface area contributed by atoms with Crippen LogP contribution in [-0.4, -0.2) is 71.4 Å². The lowest BCUT2D eigenvalue weighted by atomic mass is 9.96. The number of ether oxygens (including phenoxy) is 1. The van der Waals surface area contributed by atoms with E-state index >= 15 is 4.39 Å². The molecule has 2 N–H and O–H groups in total. The van der Waals surface area contributed by atoms with E-state index in [1.54, 1.807) is 18.2 Å². The second-order valence-corrected chi connectivity index (χ2v) is 11.1. The van der Waals surface area contributed by atoms with E-state index < -0.39 is 5.82 Å². The molecule has 7 rings (SSSR count). The number of benzene rings is 3. The molecule has 9 heteroatoms. The third kappa shape index (κ3) is 3.94. The molecule has 3 fully saturated rings. The largest absolute Gasteiger partial charge is 0.508 e. The second kappa shape index (κ2) is 9.22. The number of phenols is 1.